The van der Waals surface area contributed by atoms with Crippen molar-refractivity contribution in [2.45, 2.75) is 18.9 Å². The maximum Gasteiger partial charge on any atom is 0.337 e. The lowest BCUT2D eigenvalue weighted by molar-refractivity contribution is 0.0264. The Hall–Kier alpha value is -1.95. The van der Waals surface area contributed by atoms with Gasteiger partial charge in [-0.25, -0.2) is 4.79 Å². The topological polar surface area (TPSA) is 90.7 Å². The van der Waals surface area contributed by atoms with Crippen molar-refractivity contribution in [3.05, 3.63) is 29.6 Å². The van der Waals surface area contributed by atoms with Crippen molar-refractivity contribution in [3.63, 3.8) is 0 Å². The van der Waals surface area contributed by atoms with Gasteiger partial charge in [0.05, 0.1) is 11.7 Å². The highest BCUT2D eigenvalue weighted by molar-refractivity contribution is 5.93. The molecule has 0 radical (unpaired) electrons. The average Bonchev–Trinajstić information content (AvgIpc) is 2.36. The molecule has 6 nitrogen and oxygen atoms in total. The van der Waals surface area contributed by atoms with Crippen LogP contribution in [0.2, 0.25) is 0 Å². The standard InChI is InChI=1S/C13H16N2O4/c1-15(7-8-4-10(16)5-8)12(17)11-3-2-9(6-14-11)13(18)19/h2-3,6,8,10,16H,4-5,7H2,1H3,(H,18,19). The van der Waals surface area contributed by atoms with E-state index in [1.54, 1.807) is 11.9 Å². The molecule has 102 valence electrons. The number of aliphatic hydroxyl groups excluding tert-OH is 1. The summed E-state index contributed by atoms with van der Waals surface area (Å²) in [6, 6.07) is 2.78. The Balaban J connectivity index is 1.96. The van der Waals surface area contributed by atoms with Crippen LogP contribution in [0.25, 0.3) is 0 Å². The first-order chi connectivity index (χ1) is 8.97. The molecule has 0 unspecified atom stereocenters. The van der Waals surface area contributed by atoms with Crippen molar-refractivity contribution < 1.29 is 19.8 Å². The number of rotatable bonds is 4. The lowest BCUT2D eigenvalue weighted by Gasteiger charge is -2.34. The highest BCUT2D eigenvalue weighted by atomic mass is 16.4. The van der Waals surface area contributed by atoms with Crippen LogP contribution in [-0.4, -0.2) is 51.7 Å². The number of aromatic nitrogens is 1. The molecule has 1 aliphatic carbocycles. The van der Waals surface area contributed by atoms with Gasteiger partial charge in [0.2, 0.25) is 0 Å². The maximum atomic E-state index is 12.0. The second-order valence-electron chi connectivity index (χ2n) is 4.91. The van der Waals surface area contributed by atoms with E-state index in [1.807, 2.05) is 0 Å². The minimum absolute atomic E-state index is 0.0568. The van der Waals surface area contributed by atoms with Crippen molar-refractivity contribution in [3.8, 4) is 0 Å². The van der Waals surface area contributed by atoms with Crippen molar-refractivity contribution in [2.75, 3.05) is 13.6 Å². The molecule has 1 aromatic rings. The number of amides is 1. The van der Waals surface area contributed by atoms with Gasteiger partial charge in [-0.1, -0.05) is 0 Å². The minimum atomic E-state index is -1.07. The van der Waals surface area contributed by atoms with Gasteiger partial charge in [0.15, 0.2) is 0 Å². The third-order valence-electron chi connectivity index (χ3n) is 3.32. The molecule has 0 atom stereocenters. The molecule has 1 fully saturated rings. The Morgan fingerprint density at radius 1 is 1.42 bits per heavy atom. The second-order valence-corrected chi connectivity index (χ2v) is 4.91. The van der Waals surface area contributed by atoms with Gasteiger partial charge in [-0.05, 0) is 30.9 Å². The van der Waals surface area contributed by atoms with Gasteiger partial charge in [0.25, 0.3) is 5.91 Å². The molecule has 1 heterocycles. The van der Waals surface area contributed by atoms with Gasteiger partial charge in [0, 0.05) is 19.8 Å². The molecular formula is C13H16N2O4. The normalized spacial score (nSPS) is 21.6. The van der Waals surface area contributed by atoms with Gasteiger partial charge in [-0.3, -0.25) is 9.78 Å². The molecule has 1 aromatic heterocycles. The Morgan fingerprint density at radius 3 is 2.58 bits per heavy atom. The first-order valence-corrected chi connectivity index (χ1v) is 6.10. The van der Waals surface area contributed by atoms with Crippen molar-refractivity contribution in [2.24, 2.45) is 5.92 Å². The van der Waals surface area contributed by atoms with Crippen LogP contribution in [0.4, 0.5) is 0 Å². The van der Waals surface area contributed by atoms with Crippen molar-refractivity contribution in [1.82, 2.24) is 9.88 Å². The molecule has 19 heavy (non-hydrogen) atoms. The van der Waals surface area contributed by atoms with Crippen LogP contribution in [0.3, 0.4) is 0 Å². The highest BCUT2D eigenvalue weighted by Gasteiger charge is 2.29. The van der Waals surface area contributed by atoms with E-state index >= 15 is 0 Å². The fourth-order valence-corrected chi connectivity index (χ4v) is 2.16. The Bertz CT molecular complexity index is 480. The van der Waals surface area contributed by atoms with E-state index in [0.717, 1.165) is 12.8 Å². The molecule has 1 saturated carbocycles. The number of aromatic carboxylic acids is 1. The smallest absolute Gasteiger partial charge is 0.337 e. The summed E-state index contributed by atoms with van der Waals surface area (Å²) in [6.45, 7) is 0.582. The first kappa shape index (κ1) is 13.5. The van der Waals surface area contributed by atoms with Gasteiger partial charge in [0.1, 0.15) is 5.69 Å². The van der Waals surface area contributed by atoms with E-state index in [4.69, 9.17) is 5.11 Å². The van der Waals surface area contributed by atoms with Gasteiger partial charge < -0.3 is 15.1 Å². The zero-order chi connectivity index (χ0) is 14.0. The first-order valence-electron chi connectivity index (χ1n) is 6.10. The SMILES string of the molecule is CN(CC1CC(O)C1)C(=O)c1ccc(C(=O)O)cn1. The zero-order valence-corrected chi connectivity index (χ0v) is 10.6. The number of carbonyl (C=O) groups is 2. The molecule has 0 bridgehead atoms. The predicted octanol–water partition coefficient (Wildman–Crippen LogP) is 0.623. The summed E-state index contributed by atoms with van der Waals surface area (Å²) in [6.07, 6.45) is 2.39. The summed E-state index contributed by atoms with van der Waals surface area (Å²) in [5, 5.41) is 17.9. The Kier molecular flexibility index (Phi) is 3.80. The van der Waals surface area contributed by atoms with E-state index in [0.29, 0.717) is 12.5 Å². The van der Waals surface area contributed by atoms with Gasteiger partial charge >= 0.3 is 5.97 Å². The van der Waals surface area contributed by atoms with E-state index in [1.165, 1.54) is 18.3 Å². The van der Waals surface area contributed by atoms with E-state index < -0.39 is 5.97 Å². The lowest BCUT2D eigenvalue weighted by atomic mass is 9.82. The van der Waals surface area contributed by atoms with Crippen LogP contribution in [0.1, 0.15) is 33.7 Å². The van der Waals surface area contributed by atoms with Crippen molar-refractivity contribution >= 4 is 11.9 Å². The van der Waals surface area contributed by atoms with Crippen LogP contribution in [-0.2, 0) is 0 Å². The number of hydrogen-bond donors (Lipinski definition) is 2. The van der Waals surface area contributed by atoms with Gasteiger partial charge in [-0.15, -0.1) is 0 Å². The summed E-state index contributed by atoms with van der Waals surface area (Å²) >= 11 is 0. The summed E-state index contributed by atoms with van der Waals surface area (Å²) in [5.74, 6) is -0.969. The predicted molar refractivity (Wildman–Crippen MR) is 66.9 cm³/mol. The quantitative estimate of drug-likeness (QED) is 0.832. The summed E-state index contributed by atoms with van der Waals surface area (Å²) in [4.78, 5) is 28.1. The number of carboxylic acid groups (broad SMARTS) is 1. The van der Waals surface area contributed by atoms with E-state index in [2.05, 4.69) is 4.98 Å². The minimum Gasteiger partial charge on any atom is -0.478 e. The van der Waals surface area contributed by atoms with Crippen molar-refractivity contribution in [1.29, 1.82) is 0 Å². The molecule has 0 saturated heterocycles. The fraction of sp³-hybridized carbons (Fsp3) is 0.462. The molecule has 2 N–H and O–H groups in total. The number of hydrogen-bond acceptors (Lipinski definition) is 4. The Morgan fingerprint density at radius 2 is 2.11 bits per heavy atom. The number of carboxylic acids is 1. The molecule has 0 aromatic carbocycles. The van der Waals surface area contributed by atoms with Gasteiger partial charge in [-0.2, -0.15) is 0 Å². The average molecular weight is 264 g/mol. The van der Waals surface area contributed by atoms with Crippen LogP contribution >= 0.6 is 0 Å². The monoisotopic (exact) mass is 264 g/mol. The van der Waals surface area contributed by atoms with Crippen LogP contribution in [0, 0.1) is 5.92 Å². The molecule has 2 rings (SSSR count). The van der Waals surface area contributed by atoms with Crippen LogP contribution in [0.15, 0.2) is 18.3 Å². The lowest BCUT2D eigenvalue weighted by Crippen LogP contribution is -2.39. The summed E-state index contributed by atoms with van der Waals surface area (Å²) in [7, 11) is 1.68. The van der Waals surface area contributed by atoms with E-state index in [9.17, 15) is 14.7 Å². The largest absolute Gasteiger partial charge is 0.478 e. The van der Waals surface area contributed by atoms with Crippen LogP contribution < -0.4 is 0 Å². The maximum absolute atomic E-state index is 12.0. The molecule has 1 aliphatic rings. The number of carbonyl (C=O) groups excluding carboxylic acids is 1. The molecule has 0 spiro atoms. The fourth-order valence-electron chi connectivity index (χ4n) is 2.16. The molecule has 6 heteroatoms. The molecular weight excluding hydrogens is 248 g/mol. The molecule has 0 aliphatic heterocycles. The molecule has 1 amide bonds. The zero-order valence-electron chi connectivity index (χ0n) is 10.6. The number of aliphatic hydroxyl groups is 1. The van der Waals surface area contributed by atoms with E-state index in [-0.39, 0.29) is 23.3 Å². The van der Waals surface area contributed by atoms with Crippen LogP contribution in [0.5, 0.6) is 0 Å². The summed E-state index contributed by atoms with van der Waals surface area (Å²) < 4.78 is 0. The number of pyridine rings is 1. The third kappa shape index (κ3) is 3.08. The number of nitrogens with zero attached hydrogens (tertiary/aromatic N) is 2. The summed E-state index contributed by atoms with van der Waals surface area (Å²) in [5.41, 5.74) is 0.286. The highest BCUT2D eigenvalue weighted by Crippen LogP contribution is 2.27. The Labute approximate surface area is 110 Å². The third-order valence-corrected chi connectivity index (χ3v) is 3.32. The second kappa shape index (κ2) is 5.36.